The van der Waals surface area contributed by atoms with Gasteiger partial charge >= 0.3 is 17.9 Å². The number of hydrogen-bond donors (Lipinski definition) is 13. The Morgan fingerprint density at radius 1 is 0.636 bits per heavy atom. The van der Waals surface area contributed by atoms with Gasteiger partial charge in [-0.2, -0.15) is 12.6 Å². The van der Waals surface area contributed by atoms with Gasteiger partial charge in [-0.05, 0) is 36.0 Å². The first-order chi connectivity index (χ1) is 31.4. The number of hydrogen-bond acceptors (Lipinski definition) is 12. The lowest BCUT2D eigenvalue weighted by Gasteiger charge is -2.29. The van der Waals surface area contributed by atoms with Crippen molar-refractivity contribution in [2.75, 3.05) is 18.8 Å². The van der Waals surface area contributed by atoms with Crippen LogP contribution in [0.1, 0.15) is 57.1 Å². The fourth-order valence-corrected chi connectivity index (χ4v) is 6.85. The zero-order chi connectivity index (χ0) is 48.9. The SMILES string of the molecule is CC[C@H](C)[C@H](NC(=O)[C@H](CCC(=O)O)NC(=O)CN)C(=O)N[C@@H](Cc1c[nH]c2ccccc12)C(=O)N[C@@H](Cc1ccccc1)C(=O)N[C@@H](CCC(=O)O)C(=O)NCC(=O)N[C@@H](CS)C(=O)O. The van der Waals surface area contributed by atoms with E-state index in [1.54, 1.807) is 74.6 Å². The number of carboxylic acid groups (broad SMARTS) is 3. The third-order valence-corrected chi connectivity index (χ3v) is 10.8. The number of carboxylic acids is 3. The zero-order valence-electron chi connectivity index (χ0n) is 36.3. The van der Waals surface area contributed by atoms with Crippen molar-refractivity contribution in [1.29, 1.82) is 0 Å². The van der Waals surface area contributed by atoms with Gasteiger partial charge in [0, 0.05) is 48.5 Å². The summed E-state index contributed by atoms with van der Waals surface area (Å²) in [5, 5.41) is 45.9. The van der Waals surface area contributed by atoms with E-state index in [1.807, 2.05) is 0 Å². The fourth-order valence-electron chi connectivity index (χ4n) is 6.60. The van der Waals surface area contributed by atoms with Gasteiger partial charge < -0.3 is 63.3 Å². The maximum atomic E-state index is 14.5. The Morgan fingerprint density at radius 2 is 1.17 bits per heavy atom. The number of H-pyrrole nitrogens is 1. The highest BCUT2D eigenvalue weighted by molar-refractivity contribution is 7.80. The molecule has 7 amide bonds. The first-order valence-corrected chi connectivity index (χ1v) is 21.6. The second-order valence-electron chi connectivity index (χ2n) is 15.4. The number of thiol groups is 1. The molecule has 3 aromatic rings. The molecule has 7 atom stereocenters. The lowest BCUT2D eigenvalue weighted by atomic mass is 9.96. The summed E-state index contributed by atoms with van der Waals surface area (Å²) >= 11 is 3.88. The highest BCUT2D eigenvalue weighted by Gasteiger charge is 2.35. The van der Waals surface area contributed by atoms with Crippen molar-refractivity contribution >= 4 is 82.8 Å². The average molecular weight is 940 g/mol. The molecular weight excluding hydrogens is 883 g/mol. The monoisotopic (exact) mass is 939 g/mol. The third kappa shape index (κ3) is 17.2. The Kier molecular flexibility index (Phi) is 21.6. The van der Waals surface area contributed by atoms with Crippen LogP contribution in [0.15, 0.2) is 60.8 Å². The summed E-state index contributed by atoms with van der Waals surface area (Å²) in [6, 6.07) is 7.01. The molecule has 0 fully saturated rings. The minimum Gasteiger partial charge on any atom is -0.481 e. The van der Waals surface area contributed by atoms with E-state index in [4.69, 9.17) is 5.73 Å². The van der Waals surface area contributed by atoms with E-state index in [1.165, 1.54) is 0 Å². The number of nitrogens with two attached hydrogens (primary N) is 1. The van der Waals surface area contributed by atoms with Gasteiger partial charge in [0.25, 0.3) is 0 Å². The predicted molar refractivity (Wildman–Crippen MR) is 240 cm³/mol. The molecule has 0 bridgehead atoms. The van der Waals surface area contributed by atoms with Crippen molar-refractivity contribution in [3.8, 4) is 0 Å². The highest BCUT2D eigenvalue weighted by Crippen LogP contribution is 2.20. The van der Waals surface area contributed by atoms with Gasteiger partial charge in [0.15, 0.2) is 0 Å². The number of rotatable bonds is 28. The molecule has 23 heteroatoms. The molecule has 0 aliphatic heterocycles. The smallest absolute Gasteiger partial charge is 0.327 e. The van der Waals surface area contributed by atoms with Gasteiger partial charge in [-0.1, -0.05) is 68.8 Å². The normalized spacial score (nSPS) is 14.1. The number of nitrogens with one attached hydrogen (secondary N) is 8. The number of aromatic nitrogens is 1. The quantitative estimate of drug-likeness (QED) is 0.0378. The van der Waals surface area contributed by atoms with E-state index in [0.29, 0.717) is 28.5 Å². The van der Waals surface area contributed by atoms with Crippen molar-refractivity contribution < 1.29 is 63.3 Å². The molecule has 13 N–H and O–H groups in total. The molecule has 0 aliphatic carbocycles. The Bertz CT molecular complexity index is 2210. The van der Waals surface area contributed by atoms with E-state index in [9.17, 15) is 63.3 Å². The number of amides is 7. The fraction of sp³-hybridized carbons (Fsp3) is 0.442. The number of carbonyl (C=O) groups excluding carboxylic acids is 7. The minimum atomic E-state index is -1.56. The van der Waals surface area contributed by atoms with E-state index in [-0.39, 0.29) is 25.0 Å². The van der Waals surface area contributed by atoms with Crippen LogP contribution in [0, 0.1) is 5.92 Å². The average Bonchev–Trinajstić information content (AvgIpc) is 3.70. The lowest BCUT2D eigenvalue weighted by molar-refractivity contribution is -0.141. The number of fused-ring (bicyclic) bond motifs is 1. The molecule has 0 radical (unpaired) electrons. The van der Waals surface area contributed by atoms with E-state index < -0.39 is 134 Å². The molecule has 22 nitrogen and oxygen atoms in total. The third-order valence-electron chi connectivity index (χ3n) is 10.4. The van der Waals surface area contributed by atoms with Gasteiger partial charge in [0.1, 0.15) is 36.3 Å². The molecule has 66 heavy (non-hydrogen) atoms. The Balaban J connectivity index is 1.98. The number of aromatic amines is 1. The Hall–Kier alpha value is -7.01. The number of carbonyl (C=O) groups is 10. The maximum Gasteiger partial charge on any atom is 0.327 e. The summed E-state index contributed by atoms with van der Waals surface area (Å²) in [4.78, 5) is 132. The molecule has 0 unspecified atom stereocenters. The maximum absolute atomic E-state index is 14.5. The van der Waals surface area contributed by atoms with Gasteiger partial charge in [0.2, 0.25) is 41.4 Å². The zero-order valence-corrected chi connectivity index (χ0v) is 37.2. The van der Waals surface area contributed by atoms with Gasteiger partial charge in [-0.15, -0.1) is 0 Å². The standard InChI is InChI=1S/C43H57N9O13S/c1-3-23(2)37(52-39(60)29(14-16-36(57)58)47-33(53)19-44)42(63)51-31(18-25-20-45-27-12-8-7-11-26(25)27)41(62)50-30(17-24-9-5-4-6-10-24)40(61)49-28(13-15-35(55)56)38(59)46-21-34(54)48-32(22-66)43(64)65/h4-12,20,23,28-32,37,45,66H,3,13-19,21-22,44H2,1-2H3,(H,46,59)(H,47,53)(H,48,54)(H,49,61)(H,50,62)(H,51,63)(H,52,60)(H,55,56)(H,57,58)(H,64,65)/t23-,28-,29-,30-,31-,32-,37-/m0/s1. The van der Waals surface area contributed by atoms with Crippen molar-refractivity contribution in [2.24, 2.45) is 11.7 Å². The van der Waals surface area contributed by atoms with Crippen LogP contribution < -0.4 is 43.0 Å². The van der Waals surface area contributed by atoms with Crippen LogP contribution in [-0.2, 0) is 60.8 Å². The summed E-state index contributed by atoms with van der Waals surface area (Å²) in [7, 11) is 0. The number of aliphatic carboxylic acids is 3. The van der Waals surface area contributed by atoms with Crippen LogP contribution in [0.5, 0.6) is 0 Å². The number of para-hydroxylation sites is 1. The molecule has 0 saturated carbocycles. The lowest BCUT2D eigenvalue weighted by Crippen LogP contribution is -2.61. The second-order valence-corrected chi connectivity index (χ2v) is 15.7. The predicted octanol–water partition coefficient (Wildman–Crippen LogP) is -1.27. The van der Waals surface area contributed by atoms with Gasteiger partial charge in [-0.3, -0.25) is 43.2 Å². The Labute approximate surface area is 384 Å². The molecule has 0 spiro atoms. The molecule has 0 aliphatic rings. The van der Waals surface area contributed by atoms with E-state index in [2.05, 4.69) is 54.8 Å². The molecule has 2 aromatic carbocycles. The molecule has 1 heterocycles. The van der Waals surface area contributed by atoms with Crippen LogP contribution in [0.2, 0.25) is 0 Å². The first-order valence-electron chi connectivity index (χ1n) is 21.0. The molecule has 3 rings (SSSR count). The van der Waals surface area contributed by atoms with Crippen LogP contribution in [0.4, 0.5) is 0 Å². The summed E-state index contributed by atoms with van der Waals surface area (Å²) in [6.07, 6.45) is -0.225. The van der Waals surface area contributed by atoms with Crippen LogP contribution in [0.3, 0.4) is 0 Å². The van der Waals surface area contributed by atoms with Crippen LogP contribution in [-0.4, -0.2) is 135 Å². The topological polar surface area (TPSA) is 357 Å². The van der Waals surface area contributed by atoms with E-state index in [0.717, 1.165) is 0 Å². The largest absolute Gasteiger partial charge is 0.481 e. The second kappa shape index (κ2) is 26.7. The number of benzene rings is 2. The Morgan fingerprint density at radius 3 is 1.74 bits per heavy atom. The van der Waals surface area contributed by atoms with Crippen LogP contribution in [0.25, 0.3) is 10.9 Å². The molecule has 358 valence electrons. The van der Waals surface area contributed by atoms with Crippen molar-refractivity contribution in [3.05, 3.63) is 71.9 Å². The first kappa shape index (κ1) is 53.3. The van der Waals surface area contributed by atoms with Crippen molar-refractivity contribution in [3.63, 3.8) is 0 Å². The minimum absolute atomic E-state index is 0.155. The molecule has 0 saturated heterocycles. The molecular formula is C43H57N9O13S. The van der Waals surface area contributed by atoms with Crippen LogP contribution >= 0.6 is 12.6 Å². The summed E-state index contributed by atoms with van der Waals surface area (Å²) < 4.78 is 0. The summed E-state index contributed by atoms with van der Waals surface area (Å²) in [5.74, 6) is -10.9. The molecule has 1 aromatic heterocycles. The van der Waals surface area contributed by atoms with Crippen molar-refractivity contribution in [2.45, 2.75) is 95.0 Å². The summed E-state index contributed by atoms with van der Waals surface area (Å²) in [6.45, 7) is 2.17. The van der Waals surface area contributed by atoms with E-state index >= 15 is 0 Å². The van der Waals surface area contributed by atoms with Gasteiger partial charge in [0.05, 0.1) is 13.1 Å². The summed E-state index contributed by atoms with van der Waals surface area (Å²) in [5.41, 5.74) is 7.25. The highest BCUT2D eigenvalue weighted by atomic mass is 32.1. The van der Waals surface area contributed by atoms with Gasteiger partial charge in [-0.25, -0.2) is 4.79 Å². The van der Waals surface area contributed by atoms with Crippen molar-refractivity contribution in [1.82, 2.24) is 42.2 Å².